The Hall–Kier alpha value is -1.85. The number of anilines is 1. The van der Waals surface area contributed by atoms with E-state index < -0.39 is 10.0 Å². The number of nitrogens with zero attached hydrogens (tertiary/aromatic N) is 4. The van der Waals surface area contributed by atoms with Crippen molar-refractivity contribution in [1.29, 1.82) is 0 Å². The van der Waals surface area contributed by atoms with Gasteiger partial charge in [-0.05, 0) is 26.7 Å². The van der Waals surface area contributed by atoms with Crippen LogP contribution in [-0.2, 0) is 14.8 Å². The highest BCUT2D eigenvalue weighted by molar-refractivity contribution is 7.88. The second-order valence-electron chi connectivity index (χ2n) is 5.99. The number of thiazole rings is 1. The first-order chi connectivity index (χ1) is 11.7. The molecule has 1 saturated heterocycles. The Bertz CT molecular complexity index is 881. The monoisotopic (exact) mass is 385 g/mol. The molecule has 1 amide bonds. The van der Waals surface area contributed by atoms with Crippen LogP contribution in [0.5, 0.6) is 0 Å². The fourth-order valence-electron chi connectivity index (χ4n) is 2.75. The van der Waals surface area contributed by atoms with Crippen LogP contribution in [-0.4, -0.2) is 53.2 Å². The predicted octanol–water partition coefficient (Wildman–Crippen LogP) is 1.42. The number of aryl methyl sites for hydroxylation is 2. The summed E-state index contributed by atoms with van der Waals surface area (Å²) in [6, 6.07) is 0.0380. The number of carbonyl (C=O) groups excluding carboxylic acids is 1. The zero-order valence-corrected chi connectivity index (χ0v) is 15.8. The van der Waals surface area contributed by atoms with Crippen LogP contribution in [0.2, 0.25) is 0 Å². The summed E-state index contributed by atoms with van der Waals surface area (Å²) in [5.41, 5.74) is 0.803. The lowest BCUT2D eigenvalue weighted by Gasteiger charge is -2.28. The molecule has 0 aromatic carbocycles. The Balaban J connectivity index is 1.62. The Kier molecular flexibility index (Phi) is 4.89. The molecular weight excluding hydrogens is 366 g/mol. The van der Waals surface area contributed by atoms with Crippen LogP contribution in [0.15, 0.2) is 4.42 Å². The molecule has 1 aliphatic heterocycles. The zero-order valence-electron chi connectivity index (χ0n) is 14.1. The molecule has 1 fully saturated rings. The minimum atomic E-state index is -3.21. The van der Waals surface area contributed by atoms with Gasteiger partial charge in [0.2, 0.25) is 15.9 Å². The van der Waals surface area contributed by atoms with Crippen LogP contribution < -0.4 is 5.32 Å². The van der Waals surface area contributed by atoms with Crippen LogP contribution in [0, 0.1) is 19.8 Å². The van der Waals surface area contributed by atoms with Crippen LogP contribution >= 0.6 is 11.3 Å². The van der Waals surface area contributed by atoms with Crippen molar-refractivity contribution in [1.82, 2.24) is 19.5 Å². The molecule has 0 aliphatic carbocycles. The average molecular weight is 385 g/mol. The maximum Gasteiger partial charge on any atom is 0.322 e. The maximum absolute atomic E-state index is 12.3. The van der Waals surface area contributed by atoms with Gasteiger partial charge in [0.15, 0.2) is 0 Å². The lowest BCUT2D eigenvalue weighted by atomic mass is 9.97. The highest BCUT2D eigenvalue weighted by Crippen LogP contribution is 2.29. The largest absolute Gasteiger partial charge is 0.402 e. The quantitative estimate of drug-likeness (QED) is 0.845. The summed E-state index contributed by atoms with van der Waals surface area (Å²) >= 11 is 1.45. The first-order valence-corrected chi connectivity index (χ1v) is 10.4. The van der Waals surface area contributed by atoms with Crippen molar-refractivity contribution < 1.29 is 17.6 Å². The van der Waals surface area contributed by atoms with Gasteiger partial charge in [-0.2, -0.15) is 0 Å². The molecule has 0 bridgehead atoms. The number of sulfonamides is 1. The summed E-state index contributed by atoms with van der Waals surface area (Å²) in [6.07, 6.45) is 2.11. The number of amides is 1. The summed E-state index contributed by atoms with van der Waals surface area (Å²) in [4.78, 5) is 17.4. The summed E-state index contributed by atoms with van der Waals surface area (Å²) in [5.74, 6) is -0.188. The fourth-order valence-corrected chi connectivity index (χ4v) is 4.47. The van der Waals surface area contributed by atoms with Crippen molar-refractivity contribution in [3.05, 3.63) is 10.7 Å². The summed E-state index contributed by atoms with van der Waals surface area (Å²) in [6.45, 7) is 4.43. The first kappa shape index (κ1) is 18.0. The van der Waals surface area contributed by atoms with E-state index in [0.717, 1.165) is 15.6 Å². The molecule has 2 aromatic heterocycles. The van der Waals surface area contributed by atoms with E-state index in [1.807, 2.05) is 13.8 Å². The number of carbonyl (C=O) groups is 1. The van der Waals surface area contributed by atoms with Gasteiger partial charge in [-0.25, -0.2) is 17.7 Å². The predicted molar refractivity (Wildman–Crippen MR) is 92.7 cm³/mol. The molecule has 9 nitrogen and oxygen atoms in total. The number of nitrogens with one attached hydrogen (secondary N) is 1. The van der Waals surface area contributed by atoms with Crippen molar-refractivity contribution in [2.24, 2.45) is 5.92 Å². The van der Waals surface area contributed by atoms with E-state index in [2.05, 4.69) is 20.5 Å². The fraction of sp³-hybridized carbons (Fsp3) is 0.571. The third kappa shape index (κ3) is 4.05. The standard InChI is InChI=1S/C14H19N5O4S2/c1-8-11(24-9(2)15-8)13-17-18-14(23-13)16-12(20)10-4-6-19(7-5-10)25(3,21)22/h10H,4-7H2,1-3H3,(H,16,18,20). The Morgan fingerprint density at radius 1 is 1.28 bits per heavy atom. The van der Waals surface area contributed by atoms with Gasteiger partial charge in [0.1, 0.15) is 4.88 Å². The second-order valence-corrected chi connectivity index (χ2v) is 9.17. The SMILES string of the molecule is Cc1nc(C)c(-c2nnc(NC(=O)C3CCN(S(C)(=O)=O)CC3)o2)s1. The Morgan fingerprint density at radius 3 is 2.52 bits per heavy atom. The van der Waals surface area contributed by atoms with E-state index >= 15 is 0 Å². The van der Waals surface area contributed by atoms with Gasteiger partial charge in [0, 0.05) is 19.0 Å². The molecule has 3 rings (SSSR count). The lowest BCUT2D eigenvalue weighted by Crippen LogP contribution is -2.40. The average Bonchev–Trinajstić information content (AvgIpc) is 3.12. The van der Waals surface area contributed by atoms with Crippen LogP contribution in [0.3, 0.4) is 0 Å². The number of piperidine rings is 1. The number of hydrogen-bond donors (Lipinski definition) is 1. The van der Waals surface area contributed by atoms with Gasteiger partial charge in [0.05, 0.1) is 17.0 Å². The summed E-state index contributed by atoms with van der Waals surface area (Å²) in [7, 11) is -3.21. The highest BCUT2D eigenvalue weighted by atomic mass is 32.2. The van der Waals surface area contributed by atoms with Crippen molar-refractivity contribution in [2.75, 3.05) is 24.7 Å². The smallest absolute Gasteiger partial charge is 0.322 e. The summed E-state index contributed by atoms with van der Waals surface area (Å²) < 4.78 is 29.9. The van der Waals surface area contributed by atoms with E-state index in [0.29, 0.717) is 31.8 Å². The van der Waals surface area contributed by atoms with Crippen LogP contribution in [0.25, 0.3) is 10.8 Å². The minimum absolute atomic E-state index is 0.0380. The molecule has 25 heavy (non-hydrogen) atoms. The molecule has 3 heterocycles. The van der Waals surface area contributed by atoms with E-state index in [1.165, 1.54) is 21.9 Å². The van der Waals surface area contributed by atoms with E-state index in [-0.39, 0.29) is 17.8 Å². The zero-order chi connectivity index (χ0) is 18.2. The molecule has 11 heteroatoms. The molecular formula is C14H19N5O4S2. The number of aromatic nitrogens is 3. The third-order valence-electron chi connectivity index (χ3n) is 4.05. The van der Waals surface area contributed by atoms with Gasteiger partial charge in [-0.3, -0.25) is 10.1 Å². The van der Waals surface area contributed by atoms with E-state index in [1.54, 1.807) is 0 Å². The van der Waals surface area contributed by atoms with Crippen molar-refractivity contribution in [2.45, 2.75) is 26.7 Å². The molecule has 0 radical (unpaired) electrons. The molecule has 0 unspecified atom stereocenters. The van der Waals surface area contributed by atoms with Crippen LogP contribution in [0.4, 0.5) is 6.01 Å². The van der Waals surface area contributed by atoms with Crippen molar-refractivity contribution >= 4 is 33.3 Å². The Labute approximate surface area is 149 Å². The first-order valence-electron chi connectivity index (χ1n) is 7.78. The van der Waals surface area contributed by atoms with Crippen molar-refractivity contribution in [3.63, 3.8) is 0 Å². The highest BCUT2D eigenvalue weighted by Gasteiger charge is 2.29. The molecule has 1 N–H and O–H groups in total. The van der Waals surface area contributed by atoms with Gasteiger partial charge in [0.25, 0.3) is 5.89 Å². The van der Waals surface area contributed by atoms with E-state index in [4.69, 9.17) is 4.42 Å². The summed E-state index contributed by atoms with van der Waals surface area (Å²) in [5, 5.41) is 11.3. The lowest BCUT2D eigenvalue weighted by molar-refractivity contribution is -0.121. The molecule has 2 aromatic rings. The number of rotatable bonds is 4. The normalized spacial score (nSPS) is 16.9. The van der Waals surface area contributed by atoms with E-state index in [9.17, 15) is 13.2 Å². The van der Waals surface area contributed by atoms with Gasteiger partial charge in [-0.15, -0.1) is 16.4 Å². The van der Waals surface area contributed by atoms with Crippen LogP contribution in [0.1, 0.15) is 23.5 Å². The second kappa shape index (κ2) is 6.81. The van der Waals surface area contributed by atoms with Crippen molar-refractivity contribution in [3.8, 4) is 10.8 Å². The Morgan fingerprint density at radius 2 is 1.96 bits per heavy atom. The molecule has 0 spiro atoms. The van der Waals surface area contributed by atoms with Gasteiger partial charge in [-0.1, -0.05) is 5.10 Å². The third-order valence-corrected chi connectivity index (χ3v) is 6.41. The molecule has 1 aliphatic rings. The molecule has 136 valence electrons. The topological polar surface area (TPSA) is 118 Å². The molecule has 0 saturated carbocycles. The van der Waals surface area contributed by atoms with Gasteiger partial charge >= 0.3 is 6.01 Å². The maximum atomic E-state index is 12.3. The molecule has 0 atom stereocenters. The minimum Gasteiger partial charge on any atom is -0.402 e. The van der Waals surface area contributed by atoms with Gasteiger partial charge < -0.3 is 4.42 Å². The number of hydrogen-bond acceptors (Lipinski definition) is 8.